The van der Waals surface area contributed by atoms with E-state index in [-0.39, 0.29) is 16.7 Å². The highest BCUT2D eigenvalue weighted by Crippen LogP contribution is 2.22. The van der Waals surface area contributed by atoms with Crippen molar-refractivity contribution >= 4 is 22.3 Å². The van der Waals surface area contributed by atoms with Gasteiger partial charge in [-0.1, -0.05) is 6.07 Å². The number of para-hydroxylation sites is 1. The molecule has 1 fully saturated rings. The lowest BCUT2D eigenvalue weighted by Gasteiger charge is -2.26. The van der Waals surface area contributed by atoms with Gasteiger partial charge >= 0.3 is 11.3 Å². The molecule has 0 radical (unpaired) electrons. The fourth-order valence-electron chi connectivity index (χ4n) is 2.40. The van der Waals surface area contributed by atoms with E-state index in [1.807, 2.05) is 0 Å². The van der Waals surface area contributed by atoms with Gasteiger partial charge in [-0.15, -0.1) is 0 Å². The number of hydrogen-bond donors (Lipinski definition) is 0. The van der Waals surface area contributed by atoms with Crippen molar-refractivity contribution in [2.75, 3.05) is 31.2 Å². The molecule has 22 heavy (non-hydrogen) atoms. The average Bonchev–Trinajstić information content (AvgIpc) is 2.65. The number of morpholine rings is 1. The van der Waals surface area contributed by atoms with Gasteiger partial charge in [0.2, 0.25) is 5.58 Å². The van der Waals surface area contributed by atoms with Crippen molar-refractivity contribution in [2.45, 2.75) is 0 Å². The predicted molar refractivity (Wildman–Crippen MR) is 78.4 cm³/mol. The molecule has 114 valence electrons. The monoisotopic (exact) mass is 304 g/mol. The summed E-state index contributed by atoms with van der Waals surface area (Å²) in [6.07, 6.45) is 0. The van der Waals surface area contributed by atoms with Crippen LogP contribution in [-0.4, -0.2) is 31.2 Å². The molecule has 0 aliphatic carbocycles. The van der Waals surface area contributed by atoms with E-state index in [2.05, 4.69) is 0 Å². The molecule has 0 bridgehead atoms. The van der Waals surface area contributed by atoms with Crippen molar-refractivity contribution in [1.82, 2.24) is 0 Å². The number of benzene rings is 1. The molecule has 1 aliphatic rings. The molecule has 3 rings (SSSR count). The zero-order valence-electron chi connectivity index (χ0n) is 11.5. The number of nitrogens with zero attached hydrogens (tertiary/aromatic N) is 2. The van der Waals surface area contributed by atoms with Gasteiger partial charge in [-0.2, -0.15) is 0 Å². The Bertz CT molecular complexity index is 854. The van der Waals surface area contributed by atoms with Crippen LogP contribution >= 0.6 is 0 Å². The highest BCUT2D eigenvalue weighted by atomic mass is 16.6. The summed E-state index contributed by atoms with van der Waals surface area (Å²) in [6.45, 7) is 1.77. The van der Waals surface area contributed by atoms with Crippen molar-refractivity contribution in [3.63, 3.8) is 0 Å². The minimum Gasteiger partial charge on any atom is -0.414 e. The zero-order chi connectivity index (χ0) is 15.7. The Morgan fingerprint density at radius 3 is 2.59 bits per heavy atom. The van der Waals surface area contributed by atoms with Gasteiger partial charge in [-0.05, 0) is 6.07 Å². The van der Waals surface area contributed by atoms with Gasteiger partial charge in [-0.25, -0.2) is 4.79 Å². The third kappa shape index (κ3) is 2.44. The number of non-ortho nitro benzene ring substituents is 1. The molecule has 8 nitrogen and oxygen atoms in total. The van der Waals surface area contributed by atoms with Gasteiger partial charge in [-0.3, -0.25) is 14.9 Å². The summed E-state index contributed by atoms with van der Waals surface area (Å²) in [5, 5.41) is 11.0. The number of nitro benzene ring substituents is 1. The molecule has 0 spiro atoms. The molecule has 2 aromatic rings. The number of hydrogen-bond acceptors (Lipinski definition) is 7. The van der Waals surface area contributed by atoms with E-state index in [0.29, 0.717) is 26.3 Å². The highest BCUT2D eigenvalue weighted by molar-refractivity contribution is 5.84. The first-order chi connectivity index (χ1) is 10.6. The van der Waals surface area contributed by atoms with Crippen LogP contribution in [0.15, 0.2) is 38.3 Å². The summed E-state index contributed by atoms with van der Waals surface area (Å²) in [4.78, 5) is 36.6. The fourth-order valence-corrected chi connectivity index (χ4v) is 2.40. The maximum absolute atomic E-state index is 12.3. The van der Waals surface area contributed by atoms with Crippen LogP contribution in [0, 0.1) is 10.1 Å². The summed E-state index contributed by atoms with van der Waals surface area (Å²) in [5.41, 5.74) is -1.88. The van der Waals surface area contributed by atoms with Gasteiger partial charge in [0.25, 0.3) is 0 Å². The molecule has 0 amide bonds. The molecule has 0 saturated carbocycles. The molecule has 2 heterocycles. The Morgan fingerprint density at radius 1 is 1.18 bits per heavy atom. The van der Waals surface area contributed by atoms with Crippen molar-refractivity contribution in [1.29, 1.82) is 0 Å². The quantitative estimate of drug-likeness (QED) is 0.599. The molecular formula is C14H12N2O6. The summed E-state index contributed by atoms with van der Waals surface area (Å²) in [5.74, 6) is 0. The first-order valence-corrected chi connectivity index (χ1v) is 6.66. The Hall–Kier alpha value is -2.74. The van der Waals surface area contributed by atoms with Crippen molar-refractivity contribution in [2.24, 2.45) is 0 Å². The second-order valence-corrected chi connectivity index (χ2v) is 4.79. The Kier molecular flexibility index (Phi) is 3.60. The van der Waals surface area contributed by atoms with Crippen LogP contribution in [0.2, 0.25) is 0 Å². The van der Waals surface area contributed by atoms with E-state index in [4.69, 9.17) is 9.15 Å². The predicted octanol–water partition coefficient (Wildman–Crippen LogP) is 0.898. The standard InChI is InChI=1S/C14H12N2O6/c17-12-8-11(15-4-6-21-7-5-15)14(18)22-13-9(12)2-1-3-10(13)16(19)20/h1-3,8H,4-7H2. The zero-order valence-corrected chi connectivity index (χ0v) is 11.5. The lowest BCUT2D eigenvalue weighted by molar-refractivity contribution is -0.383. The van der Waals surface area contributed by atoms with E-state index in [9.17, 15) is 19.7 Å². The minimum absolute atomic E-state index is 0.00538. The summed E-state index contributed by atoms with van der Waals surface area (Å²) < 4.78 is 10.3. The van der Waals surface area contributed by atoms with Crippen LogP contribution in [0.3, 0.4) is 0 Å². The van der Waals surface area contributed by atoms with Crippen LogP contribution in [0.25, 0.3) is 11.0 Å². The second-order valence-electron chi connectivity index (χ2n) is 4.79. The summed E-state index contributed by atoms with van der Waals surface area (Å²) in [7, 11) is 0. The Labute approximate surface area is 123 Å². The van der Waals surface area contributed by atoms with E-state index in [1.54, 1.807) is 4.90 Å². The molecule has 0 atom stereocenters. The smallest absolute Gasteiger partial charge is 0.360 e. The van der Waals surface area contributed by atoms with Crippen LogP contribution < -0.4 is 16.0 Å². The Balaban J connectivity index is 2.30. The van der Waals surface area contributed by atoms with Crippen LogP contribution in [0.5, 0.6) is 0 Å². The Morgan fingerprint density at radius 2 is 1.91 bits per heavy atom. The van der Waals surface area contributed by atoms with Crippen molar-refractivity contribution in [3.05, 3.63) is 55.0 Å². The largest absolute Gasteiger partial charge is 0.414 e. The maximum Gasteiger partial charge on any atom is 0.360 e. The van der Waals surface area contributed by atoms with Crippen molar-refractivity contribution in [3.8, 4) is 0 Å². The number of fused-ring (bicyclic) bond motifs is 1. The molecule has 1 saturated heterocycles. The van der Waals surface area contributed by atoms with Gasteiger partial charge in [0.05, 0.1) is 23.5 Å². The average molecular weight is 304 g/mol. The van der Waals surface area contributed by atoms with E-state index >= 15 is 0 Å². The first-order valence-electron chi connectivity index (χ1n) is 6.66. The lowest BCUT2D eigenvalue weighted by Crippen LogP contribution is -2.38. The second kappa shape index (κ2) is 5.57. The van der Waals surface area contributed by atoms with E-state index in [1.165, 1.54) is 24.3 Å². The molecule has 8 heteroatoms. The van der Waals surface area contributed by atoms with Crippen LogP contribution in [0.4, 0.5) is 11.4 Å². The normalized spacial score (nSPS) is 15.0. The number of nitro groups is 1. The molecule has 1 aliphatic heterocycles. The van der Waals surface area contributed by atoms with Crippen LogP contribution in [-0.2, 0) is 4.74 Å². The summed E-state index contributed by atoms with van der Waals surface area (Å²) in [6, 6.07) is 5.15. The highest BCUT2D eigenvalue weighted by Gasteiger charge is 2.20. The lowest BCUT2D eigenvalue weighted by atomic mass is 10.2. The number of rotatable bonds is 2. The minimum atomic E-state index is -0.775. The third-order valence-electron chi connectivity index (χ3n) is 3.48. The molecule has 1 aromatic heterocycles. The van der Waals surface area contributed by atoms with E-state index in [0.717, 1.165) is 0 Å². The van der Waals surface area contributed by atoms with Crippen molar-refractivity contribution < 1.29 is 14.1 Å². The van der Waals surface area contributed by atoms with Gasteiger partial charge < -0.3 is 14.1 Å². The van der Waals surface area contributed by atoms with E-state index < -0.39 is 21.7 Å². The third-order valence-corrected chi connectivity index (χ3v) is 3.48. The molecule has 0 N–H and O–H groups in total. The molecular weight excluding hydrogens is 292 g/mol. The first kappa shape index (κ1) is 14.2. The fraction of sp³-hybridized carbons (Fsp3) is 0.286. The topological polar surface area (TPSA) is 103 Å². The van der Waals surface area contributed by atoms with Gasteiger partial charge in [0, 0.05) is 25.2 Å². The maximum atomic E-state index is 12.3. The summed E-state index contributed by atoms with van der Waals surface area (Å²) >= 11 is 0. The van der Waals surface area contributed by atoms with Gasteiger partial charge in [0.15, 0.2) is 5.43 Å². The number of ether oxygens (including phenoxy) is 1. The number of anilines is 1. The molecule has 1 aromatic carbocycles. The van der Waals surface area contributed by atoms with Gasteiger partial charge in [0.1, 0.15) is 5.69 Å². The SMILES string of the molecule is O=c1oc2c([N+](=O)[O-])cccc2c(=O)cc1N1CCOCC1. The molecule has 0 unspecified atom stereocenters. The van der Waals surface area contributed by atoms with Crippen LogP contribution in [0.1, 0.15) is 0 Å².